The van der Waals surface area contributed by atoms with Crippen LogP contribution in [-0.2, 0) is 4.43 Å². The van der Waals surface area contributed by atoms with Crippen molar-refractivity contribution in [2.75, 3.05) is 13.2 Å². The van der Waals surface area contributed by atoms with Crippen LogP contribution in [0.15, 0.2) is 23.1 Å². The van der Waals surface area contributed by atoms with Gasteiger partial charge in [0.25, 0.3) is 0 Å². The van der Waals surface area contributed by atoms with Crippen molar-refractivity contribution in [2.24, 2.45) is 0 Å². The van der Waals surface area contributed by atoms with Crippen LogP contribution in [0.25, 0.3) is 16.7 Å². The van der Waals surface area contributed by atoms with Gasteiger partial charge in [0.15, 0.2) is 30.1 Å². The van der Waals surface area contributed by atoms with Gasteiger partial charge in [-0.1, -0.05) is 55.6 Å². The molecule has 0 aliphatic heterocycles. The minimum Gasteiger partial charge on any atom is -0.489 e. The topological polar surface area (TPSA) is 79.1 Å². The molecule has 172 valence electrons. The number of nitrogens with zero attached hydrogens (tertiary/aromatic N) is 4. The zero-order valence-corrected chi connectivity index (χ0v) is 21.4. The van der Waals surface area contributed by atoms with E-state index < -0.39 is 25.0 Å². The molecule has 0 bridgehead atoms. The number of hydrogen-bond donors (Lipinski definition) is 0. The summed E-state index contributed by atoms with van der Waals surface area (Å²) in [6, 6.07) is 2.60. The third kappa shape index (κ3) is 4.91. The number of hydrogen-bond acceptors (Lipinski definition) is 6. The Labute approximate surface area is 200 Å². The van der Waals surface area contributed by atoms with Crippen molar-refractivity contribution < 1.29 is 13.6 Å². The average Bonchev–Trinajstić information content (AvgIpc) is 2.67. The highest BCUT2D eigenvalue weighted by atomic mass is 35.5. The first-order valence-electron chi connectivity index (χ1n) is 9.69. The van der Waals surface area contributed by atoms with Crippen molar-refractivity contribution in [3.8, 4) is 11.4 Å². The lowest BCUT2D eigenvalue weighted by molar-refractivity contribution is 0.203. The summed E-state index contributed by atoms with van der Waals surface area (Å²) >= 11 is 18.2. The number of ether oxygens (including phenoxy) is 1. The van der Waals surface area contributed by atoms with Crippen LogP contribution >= 0.6 is 34.8 Å². The van der Waals surface area contributed by atoms with Crippen LogP contribution in [0, 0.1) is 5.82 Å². The van der Waals surface area contributed by atoms with Crippen molar-refractivity contribution >= 4 is 54.2 Å². The molecule has 3 aromatic heterocycles. The van der Waals surface area contributed by atoms with Crippen LogP contribution in [0.3, 0.4) is 0 Å². The highest BCUT2D eigenvalue weighted by Crippen LogP contribution is 2.36. The molecule has 0 aliphatic carbocycles. The maximum absolute atomic E-state index is 14.0. The number of halogens is 4. The lowest BCUT2D eigenvalue weighted by atomic mass is 10.2. The summed E-state index contributed by atoms with van der Waals surface area (Å²) < 4.78 is 27.0. The fraction of sp³-hybridized carbons (Fsp3) is 0.400. The Hall–Kier alpha value is -1.78. The fourth-order valence-electron chi connectivity index (χ4n) is 2.66. The molecule has 0 unspecified atom stereocenters. The summed E-state index contributed by atoms with van der Waals surface area (Å²) in [7, 11) is -1.95. The van der Waals surface area contributed by atoms with E-state index in [0.717, 1.165) is 10.6 Å². The highest BCUT2D eigenvalue weighted by molar-refractivity contribution is 6.74. The number of aromatic nitrogens is 4. The molecule has 0 saturated carbocycles. The van der Waals surface area contributed by atoms with Gasteiger partial charge in [-0.3, -0.25) is 0 Å². The predicted molar refractivity (Wildman–Crippen MR) is 127 cm³/mol. The van der Waals surface area contributed by atoms with E-state index in [9.17, 15) is 9.18 Å². The van der Waals surface area contributed by atoms with E-state index in [0.29, 0.717) is 6.61 Å². The molecule has 3 heterocycles. The normalized spacial score (nSPS) is 12.4. The minimum atomic E-state index is -1.95. The van der Waals surface area contributed by atoms with E-state index in [1.807, 2.05) is 0 Å². The smallest absolute Gasteiger partial charge is 0.355 e. The third-order valence-electron chi connectivity index (χ3n) is 5.41. The van der Waals surface area contributed by atoms with Crippen LogP contribution in [0.2, 0.25) is 33.6 Å². The van der Waals surface area contributed by atoms with Gasteiger partial charge in [0.2, 0.25) is 0 Å². The predicted octanol–water partition coefficient (Wildman–Crippen LogP) is 5.68. The Bertz CT molecular complexity index is 1230. The summed E-state index contributed by atoms with van der Waals surface area (Å²) in [5.74, 6) is -0.553. The summed E-state index contributed by atoms with van der Waals surface area (Å²) in [5.41, 5.74) is -0.732. The van der Waals surface area contributed by atoms with Gasteiger partial charge >= 0.3 is 5.69 Å². The van der Waals surface area contributed by atoms with Crippen molar-refractivity contribution in [3.63, 3.8) is 0 Å². The average molecular weight is 520 g/mol. The van der Waals surface area contributed by atoms with Crippen molar-refractivity contribution in [1.82, 2.24) is 19.5 Å². The zero-order valence-electron chi connectivity index (χ0n) is 18.2. The van der Waals surface area contributed by atoms with E-state index in [1.54, 1.807) is 6.07 Å². The van der Waals surface area contributed by atoms with E-state index in [2.05, 4.69) is 48.8 Å². The van der Waals surface area contributed by atoms with Crippen LogP contribution < -0.4 is 10.4 Å². The Morgan fingerprint density at radius 2 is 1.78 bits per heavy atom. The Morgan fingerprint density at radius 1 is 1.09 bits per heavy atom. The first-order valence-corrected chi connectivity index (χ1v) is 13.7. The third-order valence-corrected chi connectivity index (χ3v) is 10.8. The number of pyridine rings is 2. The molecule has 7 nitrogen and oxygen atoms in total. The van der Waals surface area contributed by atoms with Crippen molar-refractivity contribution in [1.29, 1.82) is 0 Å². The molecule has 0 saturated heterocycles. The van der Waals surface area contributed by atoms with Gasteiger partial charge in [-0.15, -0.1) is 0 Å². The molecule has 0 radical (unpaired) electrons. The molecular weight excluding hydrogens is 498 g/mol. The van der Waals surface area contributed by atoms with Gasteiger partial charge in [-0.25, -0.2) is 23.7 Å². The van der Waals surface area contributed by atoms with Gasteiger partial charge in [0.05, 0.1) is 12.0 Å². The Balaban J connectivity index is 2.02. The van der Waals surface area contributed by atoms with E-state index >= 15 is 0 Å². The SMILES string of the molecule is CC(C)(C)[Si](C)(C)OCCOc1ccnc(Cl)c1-n1c(=O)nc(Cl)c2cc(F)c(Cl)nc21. The molecule has 0 fully saturated rings. The molecule has 0 atom stereocenters. The monoisotopic (exact) mass is 518 g/mol. The molecule has 3 aromatic rings. The molecule has 0 spiro atoms. The second-order valence-corrected chi connectivity index (χ2v) is 14.4. The Kier molecular flexibility index (Phi) is 7.16. The lowest BCUT2D eigenvalue weighted by Crippen LogP contribution is -2.41. The van der Waals surface area contributed by atoms with E-state index in [4.69, 9.17) is 44.0 Å². The summed E-state index contributed by atoms with van der Waals surface area (Å²) in [6.07, 6.45) is 1.44. The minimum absolute atomic E-state index is 0.0290. The second kappa shape index (κ2) is 9.22. The molecule has 12 heteroatoms. The summed E-state index contributed by atoms with van der Waals surface area (Å²) in [4.78, 5) is 24.5. The maximum atomic E-state index is 14.0. The number of rotatable bonds is 6. The maximum Gasteiger partial charge on any atom is 0.355 e. The fourth-order valence-corrected chi connectivity index (χ4v) is 4.27. The van der Waals surface area contributed by atoms with Crippen LogP contribution in [0.5, 0.6) is 5.75 Å². The zero-order chi connectivity index (χ0) is 23.8. The molecular formula is C20H22Cl3FN4O3Si. The first-order chi connectivity index (χ1) is 14.8. The largest absolute Gasteiger partial charge is 0.489 e. The van der Waals surface area contributed by atoms with Crippen molar-refractivity contribution in [3.05, 3.63) is 50.1 Å². The molecule has 0 aromatic carbocycles. The van der Waals surface area contributed by atoms with Gasteiger partial charge in [0.1, 0.15) is 23.2 Å². The van der Waals surface area contributed by atoms with Crippen LogP contribution in [-0.4, -0.2) is 41.1 Å². The first kappa shape index (κ1) is 24.9. The van der Waals surface area contributed by atoms with E-state index in [1.165, 1.54) is 6.20 Å². The van der Waals surface area contributed by atoms with E-state index in [-0.39, 0.29) is 44.4 Å². The standard InChI is InChI=1S/C20H22Cl3FN4O3Si/c1-20(2,3)32(4,5)31-9-8-30-13-6-7-25-17(23)14(13)28-18-11(15(21)27-19(28)29)10-12(24)16(22)26-18/h6-7,10H,8-9H2,1-5H3. The molecule has 0 aliphatic rings. The van der Waals surface area contributed by atoms with Crippen LogP contribution in [0.4, 0.5) is 4.39 Å². The van der Waals surface area contributed by atoms with Gasteiger partial charge in [-0.2, -0.15) is 4.98 Å². The molecule has 3 rings (SSSR count). The number of fused-ring (bicyclic) bond motifs is 1. The molecule has 0 N–H and O–H groups in total. The molecule has 0 amide bonds. The summed E-state index contributed by atoms with van der Waals surface area (Å²) in [5, 5.41) is -0.546. The quantitative estimate of drug-likeness (QED) is 0.180. The lowest BCUT2D eigenvalue weighted by Gasteiger charge is -2.36. The van der Waals surface area contributed by atoms with Crippen LogP contribution in [0.1, 0.15) is 20.8 Å². The Morgan fingerprint density at radius 3 is 2.44 bits per heavy atom. The second-order valence-electron chi connectivity index (χ2n) is 8.56. The van der Waals surface area contributed by atoms with Gasteiger partial charge < -0.3 is 9.16 Å². The molecule has 32 heavy (non-hydrogen) atoms. The van der Waals surface area contributed by atoms with Crippen molar-refractivity contribution in [2.45, 2.75) is 38.9 Å². The highest BCUT2D eigenvalue weighted by Gasteiger charge is 2.37. The summed E-state index contributed by atoms with van der Waals surface area (Å²) in [6.45, 7) is 11.3. The van der Waals surface area contributed by atoms with Gasteiger partial charge in [-0.05, 0) is 24.2 Å². The van der Waals surface area contributed by atoms with Gasteiger partial charge in [0, 0.05) is 12.3 Å².